The Morgan fingerprint density at radius 1 is 1.37 bits per heavy atom. The molecule has 0 saturated heterocycles. The molecule has 2 aromatic heterocycles. The highest BCUT2D eigenvalue weighted by atomic mass is 35.5. The molecule has 2 heterocycles. The number of ether oxygens (including phenoxy) is 2. The van der Waals surface area contributed by atoms with Crippen LogP contribution in [0.3, 0.4) is 0 Å². The van der Waals surface area contributed by atoms with Gasteiger partial charge in [0.05, 0.1) is 23.9 Å². The molecule has 0 spiro atoms. The maximum absolute atomic E-state index is 12.6. The van der Waals surface area contributed by atoms with Crippen LogP contribution in [0.25, 0.3) is 0 Å². The molecule has 1 N–H and O–H groups in total. The van der Waals surface area contributed by atoms with Gasteiger partial charge in [0.25, 0.3) is 5.91 Å². The molecule has 0 aliphatic rings. The van der Waals surface area contributed by atoms with Crippen LogP contribution in [0.1, 0.15) is 34.8 Å². The summed E-state index contributed by atoms with van der Waals surface area (Å²) in [7, 11) is 3.25. The molecule has 3 rings (SSSR count). The van der Waals surface area contributed by atoms with E-state index in [4.69, 9.17) is 25.6 Å². The van der Waals surface area contributed by atoms with E-state index in [1.54, 1.807) is 49.4 Å². The fraction of sp³-hybridized carbons (Fsp3) is 0.278. The summed E-state index contributed by atoms with van der Waals surface area (Å²) in [6, 6.07) is 8.26. The summed E-state index contributed by atoms with van der Waals surface area (Å²) in [6.07, 6.45) is 1.47. The van der Waals surface area contributed by atoms with Crippen LogP contribution in [0.15, 0.2) is 41.1 Å². The number of aromatic amines is 1. The molecule has 1 aromatic carbocycles. The topological polar surface area (TPSA) is 93.5 Å². The van der Waals surface area contributed by atoms with Gasteiger partial charge in [-0.2, -0.15) is 5.10 Å². The van der Waals surface area contributed by atoms with Crippen molar-refractivity contribution in [1.29, 1.82) is 0 Å². The molecule has 1 amide bonds. The monoisotopic (exact) mass is 390 g/mol. The number of aromatic nitrogens is 3. The first-order chi connectivity index (χ1) is 13.0. The zero-order valence-corrected chi connectivity index (χ0v) is 15.9. The standard InChI is InChI=1S/C18H19ClN4O4/c1-11(15-6-7-27-22-15)23(2)18(24)16-8-12(20-21-16)10-26-17-5-4-13(25-3)9-14(17)19/h4-9,11H,10H2,1-3H3,(H,20,21). The molecular weight excluding hydrogens is 372 g/mol. The van der Waals surface area contributed by atoms with Crippen LogP contribution in [0.4, 0.5) is 0 Å². The van der Waals surface area contributed by atoms with Gasteiger partial charge >= 0.3 is 0 Å². The SMILES string of the molecule is COc1ccc(OCc2cc(C(=O)N(C)C(C)c3ccon3)n[nH]2)c(Cl)c1. The zero-order valence-electron chi connectivity index (χ0n) is 15.1. The van der Waals surface area contributed by atoms with Crippen molar-refractivity contribution in [1.82, 2.24) is 20.3 Å². The van der Waals surface area contributed by atoms with Gasteiger partial charge in [-0.25, -0.2) is 0 Å². The largest absolute Gasteiger partial charge is 0.497 e. The van der Waals surface area contributed by atoms with Gasteiger partial charge in [-0.1, -0.05) is 16.8 Å². The van der Waals surface area contributed by atoms with Gasteiger partial charge < -0.3 is 18.9 Å². The van der Waals surface area contributed by atoms with E-state index < -0.39 is 0 Å². The quantitative estimate of drug-likeness (QED) is 0.663. The molecule has 142 valence electrons. The van der Waals surface area contributed by atoms with Crippen molar-refractivity contribution >= 4 is 17.5 Å². The first kappa shape index (κ1) is 18.8. The Labute approximate surface area is 161 Å². The van der Waals surface area contributed by atoms with Crippen molar-refractivity contribution in [3.05, 3.63) is 58.7 Å². The van der Waals surface area contributed by atoms with Crippen LogP contribution in [0.2, 0.25) is 5.02 Å². The minimum absolute atomic E-state index is 0.189. The lowest BCUT2D eigenvalue weighted by Crippen LogP contribution is -2.30. The van der Waals surface area contributed by atoms with Gasteiger partial charge in [-0.05, 0) is 25.1 Å². The Kier molecular flexibility index (Phi) is 5.66. The van der Waals surface area contributed by atoms with Crippen LogP contribution >= 0.6 is 11.6 Å². The number of halogens is 1. The summed E-state index contributed by atoms with van der Waals surface area (Å²) in [4.78, 5) is 14.1. The van der Waals surface area contributed by atoms with Crippen LogP contribution in [0, 0.1) is 0 Å². The predicted octanol–water partition coefficient (Wildman–Crippen LogP) is 3.47. The molecule has 0 fully saturated rings. The highest BCUT2D eigenvalue weighted by Gasteiger charge is 2.23. The summed E-state index contributed by atoms with van der Waals surface area (Å²) >= 11 is 6.15. The average Bonchev–Trinajstić information content (AvgIpc) is 3.37. The molecule has 0 radical (unpaired) electrons. The first-order valence-corrected chi connectivity index (χ1v) is 8.55. The fourth-order valence-corrected chi connectivity index (χ4v) is 2.64. The van der Waals surface area contributed by atoms with E-state index in [9.17, 15) is 4.79 Å². The highest BCUT2D eigenvalue weighted by molar-refractivity contribution is 6.32. The van der Waals surface area contributed by atoms with E-state index in [0.717, 1.165) is 0 Å². The lowest BCUT2D eigenvalue weighted by atomic mass is 10.2. The predicted molar refractivity (Wildman–Crippen MR) is 97.9 cm³/mol. The maximum atomic E-state index is 12.6. The third-order valence-corrected chi connectivity index (χ3v) is 4.45. The second kappa shape index (κ2) is 8.13. The van der Waals surface area contributed by atoms with Gasteiger partial charge in [0.2, 0.25) is 0 Å². The average molecular weight is 391 g/mol. The van der Waals surface area contributed by atoms with Crippen molar-refractivity contribution in [3.63, 3.8) is 0 Å². The van der Waals surface area contributed by atoms with E-state index in [0.29, 0.717) is 27.9 Å². The molecule has 8 nitrogen and oxygen atoms in total. The number of rotatable bonds is 7. The van der Waals surface area contributed by atoms with Crippen molar-refractivity contribution in [2.75, 3.05) is 14.2 Å². The molecule has 27 heavy (non-hydrogen) atoms. The number of benzene rings is 1. The number of carbonyl (C=O) groups excluding carboxylic acids is 1. The number of hydrogen-bond donors (Lipinski definition) is 1. The van der Waals surface area contributed by atoms with E-state index in [-0.39, 0.29) is 24.2 Å². The van der Waals surface area contributed by atoms with Crippen LogP contribution in [-0.2, 0) is 6.61 Å². The second-order valence-electron chi connectivity index (χ2n) is 5.88. The third kappa shape index (κ3) is 4.22. The molecule has 0 aliphatic heterocycles. The molecule has 3 aromatic rings. The maximum Gasteiger partial charge on any atom is 0.274 e. The van der Waals surface area contributed by atoms with E-state index >= 15 is 0 Å². The number of nitrogens with one attached hydrogen (secondary N) is 1. The second-order valence-corrected chi connectivity index (χ2v) is 6.29. The lowest BCUT2D eigenvalue weighted by molar-refractivity contribution is 0.0731. The Morgan fingerprint density at radius 2 is 2.19 bits per heavy atom. The summed E-state index contributed by atoms with van der Waals surface area (Å²) in [6.45, 7) is 2.05. The van der Waals surface area contributed by atoms with Crippen molar-refractivity contribution in [3.8, 4) is 11.5 Å². The summed E-state index contributed by atoms with van der Waals surface area (Å²) in [5, 5.41) is 11.2. The molecule has 1 atom stereocenters. The molecule has 1 unspecified atom stereocenters. The number of amides is 1. The van der Waals surface area contributed by atoms with Gasteiger partial charge in [-0.3, -0.25) is 9.89 Å². The van der Waals surface area contributed by atoms with Crippen molar-refractivity contribution in [2.45, 2.75) is 19.6 Å². The van der Waals surface area contributed by atoms with Crippen LogP contribution in [0.5, 0.6) is 11.5 Å². The van der Waals surface area contributed by atoms with E-state index in [2.05, 4.69) is 15.4 Å². The minimum atomic E-state index is -0.245. The van der Waals surface area contributed by atoms with Crippen LogP contribution in [-0.4, -0.2) is 40.3 Å². The van der Waals surface area contributed by atoms with E-state index in [1.165, 1.54) is 6.26 Å². The normalized spacial score (nSPS) is 11.9. The molecular formula is C18H19ClN4O4. The smallest absolute Gasteiger partial charge is 0.274 e. The zero-order chi connectivity index (χ0) is 19.4. The number of methoxy groups -OCH3 is 1. The van der Waals surface area contributed by atoms with Gasteiger partial charge in [0, 0.05) is 19.2 Å². The molecule has 0 saturated carbocycles. The lowest BCUT2D eigenvalue weighted by Gasteiger charge is -2.21. The first-order valence-electron chi connectivity index (χ1n) is 8.17. The highest BCUT2D eigenvalue weighted by Crippen LogP contribution is 2.29. The molecule has 9 heteroatoms. The van der Waals surface area contributed by atoms with Gasteiger partial charge in [0.1, 0.15) is 30.1 Å². The summed E-state index contributed by atoms with van der Waals surface area (Å²) < 4.78 is 15.6. The fourth-order valence-electron chi connectivity index (χ4n) is 2.42. The number of H-pyrrole nitrogens is 1. The summed E-state index contributed by atoms with van der Waals surface area (Å²) in [5.41, 5.74) is 1.60. The van der Waals surface area contributed by atoms with Crippen molar-refractivity contribution < 1.29 is 18.8 Å². The third-order valence-electron chi connectivity index (χ3n) is 4.16. The molecule has 0 aliphatic carbocycles. The van der Waals surface area contributed by atoms with Gasteiger partial charge in [0.15, 0.2) is 5.69 Å². The van der Waals surface area contributed by atoms with Crippen molar-refractivity contribution in [2.24, 2.45) is 0 Å². The number of nitrogens with zero attached hydrogens (tertiary/aromatic N) is 3. The number of carbonyl (C=O) groups is 1. The number of hydrogen-bond acceptors (Lipinski definition) is 6. The Bertz CT molecular complexity index is 910. The van der Waals surface area contributed by atoms with Gasteiger partial charge in [-0.15, -0.1) is 0 Å². The van der Waals surface area contributed by atoms with E-state index in [1.807, 2.05) is 6.92 Å². The minimum Gasteiger partial charge on any atom is -0.497 e. The van der Waals surface area contributed by atoms with Crippen LogP contribution < -0.4 is 9.47 Å². The molecule has 0 bridgehead atoms. The Hall–Kier alpha value is -3.00. The Balaban J connectivity index is 1.63. The Morgan fingerprint density at radius 3 is 2.85 bits per heavy atom. The summed E-state index contributed by atoms with van der Waals surface area (Å²) in [5.74, 6) is 0.915.